The summed E-state index contributed by atoms with van der Waals surface area (Å²) in [6, 6.07) is 16.6. The van der Waals surface area contributed by atoms with Crippen molar-refractivity contribution in [3.05, 3.63) is 86.9 Å². The van der Waals surface area contributed by atoms with Gasteiger partial charge in [0.25, 0.3) is 0 Å². The van der Waals surface area contributed by atoms with Crippen molar-refractivity contribution in [3.63, 3.8) is 0 Å². The first kappa shape index (κ1) is 20.0. The zero-order chi connectivity index (χ0) is 21.3. The van der Waals surface area contributed by atoms with Crippen molar-refractivity contribution in [1.82, 2.24) is 24.7 Å². The van der Waals surface area contributed by atoms with E-state index in [9.17, 15) is 0 Å². The number of aromatic amines is 1. The number of aromatic nitrogens is 5. The summed E-state index contributed by atoms with van der Waals surface area (Å²) in [5.74, 6) is 0.679. The van der Waals surface area contributed by atoms with Crippen LogP contribution >= 0.6 is 12.2 Å². The Morgan fingerprint density at radius 2 is 1.60 bits per heavy atom. The van der Waals surface area contributed by atoms with Crippen LogP contribution in [0.5, 0.6) is 0 Å². The number of nitrogens with zero attached hydrogens (tertiary/aromatic N) is 5. The maximum atomic E-state index is 5.39. The number of rotatable bonds is 5. The van der Waals surface area contributed by atoms with Gasteiger partial charge in [0.15, 0.2) is 5.82 Å². The van der Waals surface area contributed by atoms with Gasteiger partial charge in [0.05, 0.1) is 18.5 Å². The van der Waals surface area contributed by atoms with Gasteiger partial charge in [-0.2, -0.15) is 20.0 Å². The second-order valence-electron chi connectivity index (χ2n) is 7.50. The van der Waals surface area contributed by atoms with Crippen LogP contribution in [0, 0.1) is 32.5 Å². The molecule has 4 rings (SSSR count). The summed E-state index contributed by atoms with van der Waals surface area (Å²) >= 11 is 5.39. The van der Waals surface area contributed by atoms with E-state index >= 15 is 0 Å². The van der Waals surface area contributed by atoms with Crippen molar-refractivity contribution >= 4 is 18.4 Å². The first-order valence-corrected chi connectivity index (χ1v) is 10.2. The highest BCUT2D eigenvalue weighted by molar-refractivity contribution is 7.71. The highest BCUT2D eigenvalue weighted by Gasteiger charge is 2.12. The van der Waals surface area contributed by atoms with Crippen LogP contribution in [-0.4, -0.2) is 30.9 Å². The Hall–Kier alpha value is -3.32. The van der Waals surface area contributed by atoms with Crippen molar-refractivity contribution in [2.45, 2.75) is 34.2 Å². The Bertz CT molecular complexity index is 1260. The lowest BCUT2D eigenvalue weighted by Gasteiger charge is -2.05. The standard InChI is InChI=1S/C23H24N6S/c1-15-5-9-19(10-6-15)14-28-18(4)21(17(3)27-28)13-24-29-22(25-26-23(29)30)20-11-7-16(2)8-12-20/h5-13H,14H2,1-4H3,(H,26,30). The Morgan fingerprint density at radius 1 is 0.967 bits per heavy atom. The van der Waals surface area contributed by atoms with E-state index in [4.69, 9.17) is 17.3 Å². The molecule has 2 aromatic heterocycles. The van der Waals surface area contributed by atoms with Crippen molar-refractivity contribution in [2.24, 2.45) is 5.10 Å². The molecule has 0 fully saturated rings. The molecule has 0 radical (unpaired) electrons. The largest absolute Gasteiger partial charge is 0.265 e. The molecule has 4 aromatic rings. The highest BCUT2D eigenvalue weighted by atomic mass is 32.1. The minimum Gasteiger partial charge on any atom is -0.265 e. The van der Waals surface area contributed by atoms with Gasteiger partial charge in [0, 0.05) is 16.8 Å². The van der Waals surface area contributed by atoms with Gasteiger partial charge < -0.3 is 0 Å². The second kappa shape index (κ2) is 8.20. The molecule has 30 heavy (non-hydrogen) atoms. The Balaban J connectivity index is 1.65. The fraction of sp³-hybridized carbons (Fsp3) is 0.217. The molecule has 2 heterocycles. The predicted octanol–water partition coefficient (Wildman–Crippen LogP) is 4.97. The van der Waals surface area contributed by atoms with Crippen molar-refractivity contribution in [1.29, 1.82) is 0 Å². The maximum Gasteiger partial charge on any atom is 0.216 e. The molecule has 6 nitrogen and oxygen atoms in total. The predicted molar refractivity (Wildman–Crippen MR) is 123 cm³/mol. The first-order chi connectivity index (χ1) is 14.4. The Morgan fingerprint density at radius 3 is 2.27 bits per heavy atom. The lowest BCUT2D eigenvalue weighted by molar-refractivity contribution is 0.659. The zero-order valence-electron chi connectivity index (χ0n) is 17.5. The molecular weight excluding hydrogens is 392 g/mol. The molecule has 0 aliphatic rings. The Labute approximate surface area is 180 Å². The minimum atomic E-state index is 0.448. The number of H-pyrrole nitrogens is 1. The SMILES string of the molecule is Cc1ccc(Cn2nc(C)c(C=Nn3c(-c4ccc(C)cc4)n[nH]c3=S)c2C)cc1. The molecule has 0 saturated heterocycles. The van der Waals surface area contributed by atoms with Crippen LogP contribution in [0.1, 0.15) is 33.6 Å². The van der Waals surface area contributed by atoms with E-state index in [2.05, 4.69) is 60.3 Å². The van der Waals surface area contributed by atoms with Crippen LogP contribution in [0.15, 0.2) is 53.6 Å². The molecule has 0 atom stereocenters. The van der Waals surface area contributed by atoms with E-state index in [-0.39, 0.29) is 0 Å². The summed E-state index contributed by atoms with van der Waals surface area (Å²) in [6.45, 7) is 8.92. The van der Waals surface area contributed by atoms with Gasteiger partial charge in [-0.3, -0.25) is 4.68 Å². The van der Waals surface area contributed by atoms with Gasteiger partial charge in [-0.05, 0) is 45.5 Å². The number of nitrogens with one attached hydrogen (secondary N) is 1. The van der Waals surface area contributed by atoms with E-state index < -0.39 is 0 Å². The van der Waals surface area contributed by atoms with Gasteiger partial charge in [0.1, 0.15) is 0 Å². The third kappa shape index (κ3) is 4.02. The summed E-state index contributed by atoms with van der Waals surface area (Å²) in [6.07, 6.45) is 1.81. The van der Waals surface area contributed by atoms with Gasteiger partial charge in [-0.1, -0.05) is 59.7 Å². The molecule has 0 aliphatic heterocycles. The number of hydrogen-bond donors (Lipinski definition) is 1. The molecule has 0 saturated carbocycles. The van der Waals surface area contributed by atoms with Crippen LogP contribution in [0.2, 0.25) is 0 Å². The summed E-state index contributed by atoms with van der Waals surface area (Å²) in [7, 11) is 0. The lowest BCUT2D eigenvalue weighted by atomic mass is 10.1. The van der Waals surface area contributed by atoms with E-state index in [0.29, 0.717) is 10.6 Å². The van der Waals surface area contributed by atoms with Crippen LogP contribution in [0.3, 0.4) is 0 Å². The third-order valence-corrected chi connectivity index (χ3v) is 5.42. The topological polar surface area (TPSA) is 63.8 Å². The van der Waals surface area contributed by atoms with Crippen LogP contribution in [0.25, 0.3) is 11.4 Å². The van der Waals surface area contributed by atoms with Gasteiger partial charge in [-0.15, -0.1) is 0 Å². The molecule has 2 aromatic carbocycles. The fourth-order valence-electron chi connectivity index (χ4n) is 3.32. The number of benzene rings is 2. The zero-order valence-corrected chi connectivity index (χ0v) is 18.4. The molecule has 1 N–H and O–H groups in total. The average molecular weight is 417 g/mol. The quantitative estimate of drug-likeness (QED) is 0.369. The second-order valence-corrected chi connectivity index (χ2v) is 7.89. The lowest BCUT2D eigenvalue weighted by Crippen LogP contribution is -2.04. The molecule has 0 aliphatic carbocycles. The number of aryl methyl sites for hydroxylation is 3. The Kier molecular flexibility index (Phi) is 5.46. The van der Waals surface area contributed by atoms with Gasteiger partial charge >= 0.3 is 0 Å². The van der Waals surface area contributed by atoms with E-state index in [1.54, 1.807) is 4.68 Å². The molecule has 7 heteroatoms. The van der Waals surface area contributed by atoms with E-state index in [0.717, 1.165) is 29.1 Å². The molecular formula is C23H24N6S. The summed E-state index contributed by atoms with van der Waals surface area (Å²) < 4.78 is 4.11. The van der Waals surface area contributed by atoms with Crippen LogP contribution in [0.4, 0.5) is 0 Å². The fourth-order valence-corrected chi connectivity index (χ4v) is 3.50. The van der Waals surface area contributed by atoms with Crippen molar-refractivity contribution < 1.29 is 0 Å². The van der Waals surface area contributed by atoms with Crippen LogP contribution < -0.4 is 0 Å². The molecule has 0 unspecified atom stereocenters. The minimum absolute atomic E-state index is 0.448. The summed E-state index contributed by atoms with van der Waals surface area (Å²) in [4.78, 5) is 0. The normalized spacial score (nSPS) is 11.5. The summed E-state index contributed by atoms with van der Waals surface area (Å²) in [5.41, 5.74) is 7.58. The molecule has 0 amide bonds. The third-order valence-electron chi connectivity index (χ3n) is 5.15. The smallest absolute Gasteiger partial charge is 0.216 e. The van der Waals surface area contributed by atoms with E-state index in [1.807, 2.05) is 42.1 Å². The maximum absolute atomic E-state index is 5.39. The summed E-state index contributed by atoms with van der Waals surface area (Å²) in [5, 5.41) is 16.5. The highest BCUT2D eigenvalue weighted by Crippen LogP contribution is 2.19. The first-order valence-electron chi connectivity index (χ1n) is 9.81. The number of hydrogen-bond acceptors (Lipinski definition) is 4. The molecule has 0 spiro atoms. The average Bonchev–Trinajstić information content (AvgIpc) is 3.22. The monoisotopic (exact) mass is 416 g/mol. The van der Waals surface area contributed by atoms with E-state index in [1.165, 1.54) is 16.7 Å². The van der Waals surface area contributed by atoms with Gasteiger partial charge in [-0.25, -0.2) is 5.10 Å². The van der Waals surface area contributed by atoms with Gasteiger partial charge in [0.2, 0.25) is 4.77 Å². The van der Waals surface area contributed by atoms with Crippen LogP contribution in [-0.2, 0) is 6.54 Å². The van der Waals surface area contributed by atoms with Crippen molar-refractivity contribution in [2.75, 3.05) is 0 Å². The molecule has 152 valence electrons. The van der Waals surface area contributed by atoms with Crippen molar-refractivity contribution in [3.8, 4) is 11.4 Å². The molecule has 0 bridgehead atoms.